The number of rotatable bonds is 2. The van der Waals surface area contributed by atoms with E-state index in [1.54, 1.807) is 14.2 Å². The Kier molecular flexibility index (Phi) is 3.49. The van der Waals surface area contributed by atoms with E-state index < -0.39 is 0 Å². The van der Waals surface area contributed by atoms with E-state index in [0.717, 1.165) is 50.0 Å². The van der Waals surface area contributed by atoms with Crippen molar-refractivity contribution in [1.82, 2.24) is 0 Å². The molecule has 0 aliphatic heterocycles. The summed E-state index contributed by atoms with van der Waals surface area (Å²) < 4.78 is 11.5. The Morgan fingerprint density at radius 1 is 1.12 bits per heavy atom. The summed E-state index contributed by atoms with van der Waals surface area (Å²) >= 11 is 0. The van der Waals surface area contributed by atoms with Gasteiger partial charge >= 0.3 is 0 Å². The van der Waals surface area contributed by atoms with Gasteiger partial charge in [0, 0.05) is 28.9 Å². The maximum atomic E-state index is 12.9. The quantitative estimate of drug-likeness (QED) is 0.812. The molecule has 3 nitrogen and oxygen atoms in total. The van der Waals surface area contributed by atoms with Gasteiger partial charge in [-0.05, 0) is 55.6 Å². The highest BCUT2D eigenvalue weighted by Gasteiger charge is 2.66. The highest BCUT2D eigenvalue weighted by atomic mass is 16.5. The van der Waals surface area contributed by atoms with Crippen molar-refractivity contribution in [2.24, 2.45) is 17.3 Å². The number of carbonyl (C=O) groups excluding carboxylic acids is 1. The lowest BCUT2D eigenvalue weighted by atomic mass is 9.45. The van der Waals surface area contributed by atoms with Gasteiger partial charge in [0.15, 0.2) is 0 Å². The summed E-state index contributed by atoms with van der Waals surface area (Å²) in [6.07, 6.45) is 6.01. The van der Waals surface area contributed by atoms with Crippen molar-refractivity contribution in [2.45, 2.75) is 57.8 Å². The van der Waals surface area contributed by atoms with Gasteiger partial charge in [-0.2, -0.15) is 0 Å². The Hall–Kier alpha value is -1.51. The van der Waals surface area contributed by atoms with Crippen molar-refractivity contribution >= 4 is 5.78 Å². The van der Waals surface area contributed by atoms with Crippen LogP contribution in [-0.2, 0) is 16.6 Å². The number of ketones is 1. The minimum Gasteiger partial charge on any atom is -0.496 e. The van der Waals surface area contributed by atoms with Crippen LogP contribution < -0.4 is 9.47 Å². The van der Waals surface area contributed by atoms with Crippen LogP contribution in [0.4, 0.5) is 0 Å². The molecule has 0 N–H and O–H groups in total. The molecule has 1 aromatic rings. The van der Waals surface area contributed by atoms with Crippen LogP contribution in [-0.4, -0.2) is 20.0 Å². The van der Waals surface area contributed by atoms with E-state index in [1.165, 1.54) is 11.1 Å². The number of fused-ring (bicyclic) bond motifs is 1. The smallest absolute Gasteiger partial charge is 0.136 e. The lowest BCUT2D eigenvalue weighted by molar-refractivity contribution is -0.137. The van der Waals surface area contributed by atoms with Gasteiger partial charge < -0.3 is 9.47 Å². The fraction of sp³-hybridized carbons (Fsp3) is 0.667. The minimum absolute atomic E-state index is 0.0742. The fourth-order valence-electron chi connectivity index (χ4n) is 6.35. The van der Waals surface area contributed by atoms with Gasteiger partial charge in [-0.1, -0.05) is 13.8 Å². The molecular weight excluding hydrogens is 300 g/mol. The van der Waals surface area contributed by atoms with E-state index >= 15 is 0 Å². The van der Waals surface area contributed by atoms with Crippen LogP contribution in [0, 0.1) is 17.3 Å². The van der Waals surface area contributed by atoms with E-state index in [-0.39, 0.29) is 16.7 Å². The Morgan fingerprint density at radius 3 is 2.54 bits per heavy atom. The van der Waals surface area contributed by atoms with Crippen molar-refractivity contribution in [2.75, 3.05) is 14.2 Å². The SMILES string of the molecule is COc1ccc(OC)c2c1CC1(C)C(C)CCC3C(=O)CCCC231. The first kappa shape index (κ1) is 16.0. The van der Waals surface area contributed by atoms with Crippen molar-refractivity contribution in [3.8, 4) is 11.5 Å². The Balaban J connectivity index is 2.04. The third kappa shape index (κ3) is 1.71. The first-order chi connectivity index (χ1) is 11.5. The lowest BCUT2D eigenvalue weighted by Gasteiger charge is -2.58. The molecule has 0 radical (unpaired) electrons. The van der Waals surface area contributed by atoms with E-state index in [9.17, 15) is 4.79 Å². The molecule has 24 heavy (non-hydrogen) atoms. The molecular formula is C21H28O3. The maximum absolute atomic E-state index is 12.9. The van der Waals surface area contributed by atoms with E-state index in [0.29, 0.717) is 11.7 Å². The predicted molar refractivity (Wildman–Crippen MR) is 93.8 cm³/mol. The third-order valence-electron chi connectivity index (χ3n) is 7.63. The van der Waals surface area contributed by atoms with Crippen LogP contribution in [0.3, 0.4) is 0 Å². The zero-order valence-corrected chi connectivity index (χ0v) is 15.3. The van der Waals surface area contributed by atoms with Crippen LogP contribution in [0.5, 0.6) is 11.5 Å². The average molecular weight is 328 g/mol. The second-order valence-electron chi connectivity index (χ2n) is 8.24. The molecule has 0 heterocycles. The zero-order chi connectivity index (χ0) is 17.1. The average Bonchev–Trinajstić information content (AvgIpc) is 2.85. The van der Waals surface area contributed by atoms with Crippen molar-refractivity contribution in [1.29, 1.82) is 0 Å². The number of methoxy groups -OCH3 is 2. The van der Waals surface area contributed by atoms with Gasteiger partial charge in [0.2, 0.25) is 0 Å². The predicted octanol–water partition coefficient (Wildman–Crippen LogP) is 4.30. The first-order valence-corrected chi connectivity index (χ1v) is 9.26. The van der Waals surface area contributed by atoms with E-state index in [2.05, 4.69) is 13.8 Å². The van der Waals surface area contributed by atoms with Gasteiger partial charge in [-0.15, -0.1) is 0 Å². The normalized spacial score (nSPS) is 37.4. The summed E-state index contributed by atoms with van der Waals surface area (Å²) in [5.41, 5.74) is 2.61. The summed E-state index contributed by atoms with van der Waals surface area (Å²) in [7, 11) is 3.50. The molecule has 1 aromatic carbocycles. The van der Waals surface area contributed by atoms with E-state index in [4.69, 9.17) is 9.47 Å². The first-order valence-electron chi connectivity index (χ1n) is 9.26. The van der Waals surface area contributed by atoms with Gasteiger partial charge in [-0.3, -0.25) is 4.79 Å². The number of Topliss-reactive ketones (excluding diaryl/α,β-unsaturated/α-hetero) is 1. The summed E-state index contributed by atoms with van der Waals surface area (Å²) in [6, 6.07) is 4.06. The Labute approximate surface area is 144 Å². The molecule has 4 rings (SSSR count). The highest BCUT2D eigenvalue weighted by molar-refractivity contribution is 5.85. The second-order valence-corrected chi connectivity index (χ2v) is 8.24. The summed E-state index contributed by atoms with van der Waals surface area (Å²) in [6.45, 7) is 4.79. The molecule has 0 bridgehead atoms. The van der Waals surface area contributed by atoms with Gasteiger partial charge in [0.1, 0.15) is 17.3 Å². The third-order valence-corrected chi connectivity index (χ3v) is 7.63. The van der Waals surface area contributed by atoms with Crippen LogP contribution >= 0.6 is 0 Å². The Morgan fingerprint density at radius 2 is 1.83 bits per heavy atom. The van der Waals surface area contributed by atoms with E-state index in [1.807, 2.05) is 12.1 Å². The molecule has 0 aromatic heterocycles. The molecule has 4 unspecified atom stereocenters. The van der Waals surface area contributed by atoms with Crippen molar-refractivity contribution < 1.29 is 14.3 Å². The zero-order valence-electron chi connectivity index (χ0n) is 15.3. The molecule has 130 valence electrons. The monoisotopic (exact) mass is 328 g/mol. The molecule has 2 saturated carbocycles. The van der Waals surface area contributed by atoms with Crippen molar-refractivity contribution in [3.05, 3.63) is 23.3 Å². The largest absolute Gasteiger partial charge is 0.496 e. The van der Waals surface area contributed by atoms with Crippen LogP contribution in [0.25, 0.3) is 0 Å². The fourth-order valence-corrected chi connectivity index (χ4v) is 6.35. The number of carbonyl (C=O) groups is 1. The molecule has 2 fully saturated rings. The summed E-state index contributed by atoms with van der Waals surface area (Å²) in [5.74, 6) is 3.12. The van der Waals surface area contributed by atoms with Crippen LogP contribution in [0.15, 0.2) is 12.1 Å². The molecule has 4 atom stereocenters. The summed E-state index contributed by atoms with van der Waals surface area (Å²) in [5, 5.41) is 0. The lowest BCUT2D eigenvalue weighted by Crippen LogP contribution is -2.57. The van der Waals surface area contributed by atoms with Gasteiger partial charge in [0.05, 0.1) is 14.2 Å². The number of benzene rings is 1. The van der Waals surface area contributed by atoms with Crippen LogP contribution in [0.1, 0.15) is 57.1 Å². The van der Waals surface area contributed by atoms with Gasteiger partial charge in [-0.25, -0.2) is 0 Å². The standard InChI is InChI=1S/C21H28O3/c1-13-7-8-15-16(22)6-5-11-21(15)19-14(12-20(13,21)2)17(23-3)9-10-18(19)24-4/h9-10,13,15H,5-8,11-12H2,1-4H3. The number of hydrogen-bond donors (Lipinski definition) is 0. The summed E-state index contributed by atoms with van der Waals surface area (Å²) in [4.78, 5) is 12.9. The highest BCUT2D eigenvalue weighted by Crippen LogP contribution is 2.69. The molecule has 1 spiro atoms. The van der Waals surface area contributed by atoms with Crippen LogP contribution in [0.2, 0.25) is 0 Å². The van der Waals surface area contributed by atoms with Gasteiger partial charge in [0.25, 0.3) is 0 Å². The number of hydrogen-bond acceptors (Lipinski definition) is 3. The molecule has 3 aliphatic carbocycles. The topological polar surface area (TPSA) is 35.5 Å². The minimum atomic E-state index is -0.0742. The second kappa shape index (κ2) is 5.24. The Bertz CT molecular complexity index is 695. The van der Waals surface area contributed by atoms with Crippen molar-refractivity contribution in [3.63, 3.8) is 0 Å². The maximum Gasteiger partial charge on any atom is 0.136 e. The molecule has 0 amide bonds. The molecule has 3 heteroatoms. The number of ether oxygens (including phenoxy) is 2. The molecule has 0 saturated heterocycles. The molecule has 3 aliphatic rings.